The van der Waals surface area contributed by atoms with Gasteiger partial charge in [0.2, 0.25) is 11.7 Å². The SMILES string of the molecule is CC(C)Oc1cccc(CNC(=O)NCCc2nc(-c3ccc(Cl)cc3)no2)c1. The molecule has 1 aromatic heterocycles. The Kier molecular flexibility index (Phi) is 7.08. The highest BCUT2D eigenvalue weighted by atomic mass is 35.5. The van der Waals surface area contributed by atoms with Crippen LogP contribution in [0.15, 0.2) is 53.1 Å². The molecule has 29 heavy (non-hydrogen) atoms. The van der Waals surface area contributed by atoms with Crippen LogP contribution in [-0.4, -0.2) is 28.8 Å². The quantitative estimate of drug-likeness (QED) is 0.576. The minimum absolute atomic E-state index is 0.103. The number of benzene rings is 2. The number of nitrogens with zero attached hydrogens (tertiary/aromatic N) is 2. The standard InChI is InChI=1S/C21H23ClN4O3/c1-14(2)28-18-5-3-4-15(12-18)13-24-21(27)23-11-10-19-25-20(26-29-19)16-6-8-17(22)9-7-16/h3-9,12,14H,10-11,13H2,1-2H3,(H2,23,24,27). The lowest BCUT2D eigenvalue weighted by Gasteiger charge is -2.11. The lowest BCUT2D eigenvalue weighted by atomic mass is 10.2. The molecule has 0 aliphatic carbocycles. The van der Waals surface area contributed by atoms with Gasteiger partial charge in [0, 0.05) is 30.1 Å². The molecule has 1 heterocycles. The molecular weight excluding hydrogens is 392 g/mol. The van der Waals surface area contributed by atoms with E-state index in [2.05, 4.69) is 20.8 Å². The van der Waals surface area contributed by atoms with Crippen LogP contribution >= 0.6 is 11.6 Å². The summed E-state index contributed by atoms with van der Waals surface area (Å²) in [6.45, 7) is 4.73. The normalized spacial score (nSPS) is 10.8. The van der Waals surface area contributed by atoms with Crippen LogP contribution in [-0.2, 0) is 13.0 Å². The molecule has 0 aliphatic rings. The van der Waals surface area contributed by atoms with Crippen molar-refractivity contribution in [3.8, 4) is 17.1 Å². The van der Waals surface area contributed by atoms with Gasteiger partial charge in [-0.25, -0.2) is 4.79 Å². The smallest absolute Gasteiger partial charge is 0.315 e. The zero-order valence-corrected chi connectivity index (χ0v) is 17.1. The second kappa shape index (κ2) is 9.93. The molecule has 0 spiro atoms. The number of urea groups is 1. The average molecular weight is 415 g/mol. The molecule has 2 aromatic carbocycles. The highest BCUT2D eigenvalue weighted by Gasteiger charge is 2.09. The summed E-state index contributed by atoms with van der Waals surface area (Å²) < 4.78 is 10.9. The fraction of sp³-hybridized carbons (Fsp3) is 0.286. The van der Waals surface area contributed by atoms with E-state index in [1.165, 1.54) is 0 Å². The maximum atomic E-state index is 12.0. The van der Waals surface area contributed by atoms with E-state index < -0.39 is 0 Å². The number of hydrogen-bond acceptors (Lipinski definition) is 5. The first-order valence-electron chi connectivity index (χ1n) is 9.35. The molecule has 3 rings (SSSR count). The van der Waals surface area contributed by atoms with Crippen molar-refractivity contribution in [2.75, 3.05) is 6.54 Å². The Morgan fingerprint density at radius 1 is 1.17 bits per heavy atom. The maximum Gasteiger partial charge on any atom is 0.315 e. The van der Waals surface area contributed by atoms with Gasteiger partial charge >= 0.3 is 6.03 Å². The summed E-state index contributed by atoms with van der Waals surface area (Å²) in [6.07, 6.45) is 0.539. The first kappa shape index (κ1) is 20.7. The average Bonchev–Trinajstić information content (AvgIpc) is 3.16. The predicted octanol–water partition coefficient (Wildman–Crippen LogP) is 4.22. The molecule has 0 fully saturated rings. The van der Waals surface area contributed by atoms with Gasteiger partial charge in [0.1, 0.15) is 5.75 Å². The summed E-state index contributed by atoms with van der Waals surface area (Å²) in [5.74, 6) is 1.73. The molecule has 0 bridgehead atoms. The van der Waals surface area contributed by atoms with Gasteiger partial charge in [-0.15, -0.1) is 0 Å². The largest absolute Gasteiger partial charge is 0.491 e. The van der Waals surface area contributed by atoms with E-state index in [0.29, 0.717) is 36.2 Å². The number of hydrogen-bond donors (Lipinski definition) is 2. The van der Waals surface area contributed by atoms with Crippen molar-refractivity contribution in [1.29, 1.82) is 0 Å². The molecule has 0 atom stereocenters. The highest BCUT2D eigenvalue weighted by molar-refractivity contribution is 6.30. The first-order valence-corrected chi connectivity index (χ1v) is 9.73. The van der Waals surface area contributed by atoms with Crippen LogP contribution in [0, 0.1) is 0 Å². The number of ether oxygens (including phenoxy) is 1. The van der Waals surface area contributed by atoms with Crippen molar-refractivity contribution in [2.45, 2.75) is 32.9 Å². The monoisotopic (exact) mass is 414 g/mol. The van der Waals surface area contributed by atoms with Gasteiger partial charge in [-0.2, -0.15) is 4.98 Å². The van der Waals surface area contributed by atoms with E-state index in [1.807, 2.05) is 50.2 Å². The van der Waals surface area contributed by atoms with Crippen LogP contribution in [0.4, 0.5) is 4.79 Å². The van der Waals surface area contributed by atoms with Crippen LogP contribution in [0.5, 0.6) is 5.75 Å². The van der Waals surface area contributed by atoms with Gasteiger partial charge in [0.15, 0.2) is 0 Å². The van der Waals surface area contributed by atoms with E-state index in [9.17, 15) is 4.79 Å². The van der Waals surface area contributed by atoms with Gasteiger partial charge in [0.05, 0.1) is 6.10 Å². The topological polar surface area (TPSA) is 89.3 Å². The molecule has 0 radical (unpaired) electrons. The number of rotatable bonds is 8. The van der Waals surface area contributed by atoms with Crippen LogP contribution in [0.3, 0.4) is 0 Å². The summed E-state index contributed by atoms with van der Waals surface area (Å²) >= 11 is 5.88. The Hall–Kier alpha value is -3.06. The molecule has 7 nitrogen and oxygen atoms in total. The number of amides is 2. The van der Waals surface area contributed by atoms with Gasteiger partial charge in [-0.1, -0.05) is 28.9 Å². The molecule has 152 valence electrons. The second-order valence-corrected chi connectivity index (χ2v) is 7.13. The van der Waals surface area contributed by atoms with Crippen LogP contribution in [0.2, 0.25) is 5.02 Å². The maximum absolute atomic E-state index is 12.0. The molecule has 0 saturated heterocycles. The van der Waals surface area contributed by atoms with Crippen molar-refractivity contribution >= 4 is 17.6 Å². The van der Waals surface area contributed by atoms with Crippen molar-refractivity contribution in [3.63, 3.8) is 0 Å². The van der Waals surface area contributed by atoms with Crippen molar-refractivity contribution in [1.82, 2.24) is 20.8 Å². The van der Waals surface area contributed by atoms with Crippen LogP contribution in [0.1, 0.15) is 25.3 Å². The second-order valence-electron chi connectivity index (χ2n) is 6.69. The Bertz CT molecular complexity index is 941. The molecule has 3 aromatic rings. The predicted molar refractivity (Wildman–Crippen MR) is 111 cm³/mol. The summed E-state index contributed by atoms with van der Waals surface area (Å²) in [7, 11) is 0. The highest BCUT2D eigenvalue weighted by Crippen LogP contribution is 2.18. The summed E-state index contributed by atoms with van der Waals surface area (Å²) in [5, 5.41) is 10.2. The lowest BCUT2D eigenvalue weighted by molar-refractivity contribution is 0.239. The Labute approximate surface area is 174 Å². The molecule has 0 unspecified atom stereocenters. The Morgan fingerprint density at radius 3 is 2.72 bits per heavy atom. The third-order valence-corrected chi connectivity index (χ3v) is 4.17. The molecule has 8 heteroatoms. The third kappa shape index (κ3) is 6.50. The summed E-state index contributed by atoms with van der Waals surface area (Å²) in [6, 6.07) is 14.6. The lowest BCUT2D eigenvalue weighted by Crippen LogP contribution is -2.36. The third-order valence-electron chi connectivity index (χ3n) is 3.92. The van der Waals surface area contributed by atoms with Crippen molar-refractivity contribution in [2.24, 2.45) is 0 Å². The fourth-order valence-electron chi connectivity index (χ4n) is 2.60. The van der Waals surface area contributed by atoms with Gasteiger partial charge in [-0.3, -0.25) is 0 Å². The number of nitrogens with one attached hydrogen (secondary N) is 2. The van der Waals surface area contributed by atoms with Gasteiger partial charge in [0.25, 0.3) is 0 Å². The molecule has 2 N–H and O–H groups in total. The number of aromatic nitrogens is 2. The van der Waals surface area contributed by atoms with Crippen molar-refractivity contribution in [3.05, 3.63) is 65.0 Å². The van der Waals surface area contributed by atoms with Crippen molar-refractivity contribution < 1.29 is 14.1 Å². The molecule has 0 saturated carbocycles. The zero-order valence-electron chi connectivity index (χ0n) is 16.3. The number of carbonyl (C=O) groups is 1. The molecule has 2 amide bonds. The van der Waals surface area contributed by atoms with E-state index in [-0.39, 0.29) is 12.1 Å². The van der Waals surface area contributed by atoms with E-state index in [1.54, 1.807) is 12.1 Å². The van der Waals surface area contributed by atoms with Crippen LogP contribution < -0.4 is 15.4 Å². The van der Waals surface area contributed by atoms with E-state index in [4.69, 9.17) is 20.9 Å². The van der Waals surface area contributed by atoms with Gasteiger partial charge in [-0.05, 0) is 55.8 Å². The number of carbonyl (C=O) groups excluding carboxylic acids is 1. The molecule has 0 aliphatic heterocycles. The van der Waals surface area contributed by atoms with Gasteiger partial charge < -0.3 is 19.9 Å². The minimum Gasteiger partial charge on any atom is -0.491 e. The fourth-order valence-corrected chi connectivity index (χ4v) is 2.73. The van der Waals surface area contributed by atoms with Crippen LogP contribution in [0.25, 0.3) is 11.4 Å². The summed E-state index contributed by atoms with van der Waals surface area (Å²) in [4.78, 5) is 16.3. The molecular formula is C21H23ClN4O3. The Balaban J connectivity index is 1.42. The Morgan fingerprint density at radius 2 is 1.97 bits per heavy atom. The minimum atomic E-state index is -0.266. The van der Waals surface area contributed by atoms with E-state index in [0.717, 1.165) is 16.9 Å². The number of halogens is 1. The summed E-state index contributed by atoms with van der Waals surface area (Å²) in [5.41, 5.74) is 1.78. The first-order chi connectivity index (χ1) is 14.0. The van der Waals surface area contributed by atoms with E-state index >= 15 is 0 Å². The zero-order chi connectivity index (χ0) is 20.6.